The van der Waals surface area contributed by atoms with Crippen LogP contribution in [0.5, 0.6) is 0 Å². The Morgan fingerprint density at radius 3 is 2.39 bits per heavy atom. The molecule has 5 rings (SSSR count). The first-order valence-electron chi connectivity index (χ1n) is 12.5. The molecule has 2 aromatic carbocycles. The van der Waals surface area contributed by atoms with Crippen LogP contribution in [0.1, 0.15) is 38.8 Å². The van der Waals surface area contributed by atoms with Crippen molar-refractivity contribution in [2.24, 2.45) is 5.10 Å². The molecule has 210 valence electrons. The first-order chi connectivity index (χ1) is 19.6. The van der Waals surface area contributed by atoms with E-state index in [1.165, 1.54) is 34.8 Å². The fraction of sp³-hybridized carbons (Fsp3) is 0.138. The zero-order chi connectivity index (χ0) is 29.1. The van der Waals surface area contributed by atoms with E-state index in [1.807, 2.05) is 19.1 Å². The number of imidazole rings is 1. The number of fused-ring (bicyclic) bond motifs is 1. The van der Waals surface area contributed by atoms with Crippen LogP contribution in [0.3, 0.4) is 0 Å². The normalized spacial score (nSPS) is 12.0. The van der Waals surface area contributed by atoms with Gasteiger partial charge in [0.05, 0.1) is 23.3 Å². The molecule has 0 aliphatic rings. The molecule has 0 saturated heterocycles. The molecule has 1 N–H and O–H groups in total. The van der Waals surface area contributed by atoms with Crippen molar-refractivity contribution in [1.82, 2.24) is 19.1 Å². The van der Waals surface area contributed by atoms with Gasteiger partial charge in [-0.25, -0.2) is 18.8 Å². The molecule has 0 fully saturated rings. The molecule has 0 atom stereocenters. The van der Waals surface area contributed by atoms with Gasteiger partial charge in [0.15, 0.2) is 0 Å². The standard InChI is InChI=1S/C29H25Cl2N5O4S/c1-19-13-14-36-27(15-19)33-20(2)28(36)29(37)34-32-16-24-9-10-25(40-24)18-35(17-21-3-5-22(30)6-4-21)41(38,39)26-11-7-23(31)8-12-26/h3-16H,17-18H2,1-2H3,(H,34,37)/b32-16+. The van der Waals surface area contributed by atoms with E-state index in [2.05, 4.69) is 15.5 Å². The number of benzene rings is 2. The molecule has 3 aromatic heterocycles. The van der Waals surface area contributed by atoms with Crippen LogP contribution < -0.4 is 5.43 Å². The zero-order valence-corrected chi connectivity index (χ0v) is 24.4. The fourth-order valence-corrected chi connectivity index (χ4v) is 5.89. The van der Waals surface area contributed by atoms with Gasteiger partial charge in [0, 0.05) is 22.8 Å². The summed E-state index contributed by atoms with van der Waals surface area (Å²) in [5.41, 5.74) is 5.91. The highest BCUT2D eigenvalue weighted by Gasteiger charge is 2.26. The number of nitrogens with one attached hydrogen (secondary N) is 1. The first-order valence-corrected chi connectivity index (χ1v) is 14.7. The van der Waals surface area contributed by atoms with E-state index < -0.39 is 15.9 Å². The molecule has 0 bridgehead atoms. The molecule has 12 heteroatoms. The summed E-state index contributed by atoms with van der Waals surface area (Å²) in [6.07, 6.45) is 3.14. The van der Waals surface area contributed by atoms with E-state index in [1.54, 1.807) is 53.9 Å². The predicted molar refractivity (Wildman–Crippen MR) is 158 cm³/mol. The zero-order valence-electron chi connectivity index (χ0n) is 22.1. The number of hydrogen-bond acceptors (Lipinski definition) is 6. The van der Waals surface area contributed by atoms with E-state index in [0.717, 1.165) is 11.1 Å². The minimum absolute atomic E-state index is 0.0474. The number of sulfonamides is 1. The van der Waals surface area contributed by atoms with Crippen LogP contribution in [0.4, 0.5) is 0 Å². The Hall–Kier alpha value is -3.96. The molecule has 5 aromatic rings. The highest BCUT2D eigenvalue weighted by atomic mass is 35.5. The lowest BCUT2D eigenvalue weighted by Crippen LogP contribution is -2.30. The topological polar surface area (TPSA) is 109 Å². The smallest absolute Gasteiger partial charge is 0.290 e. The lowest BCUT2D eigenvalue weighted by Gasteiger charge is -2.21. The van der Waals surface area contributed by atoms with E-state index in [9.17, 15) is 13.2 Å². The largest absolute Gasteiger partial charge is 0.459 e. The number of halogens is 2. The number of rotatable bonds is 9. The summed E-state index contributed by atoms with van der Waals surface area (Å²) < 4.78 is 36.0. The predicted octanol–water partition coefficient (Wildman–Crippen LogP) is 6.01. The van der Waals surface area contributed by atoms with Gasteiger partial charge in [0.1, 0.15) is 22.9 Å². The molecule has 0 saturated carbocycles. The maximum absolute atomic E-state index is 13.6. The number of nitrogens with zero attached hydrogens (tertiary/aromatic N) is 4. The van der Waals surface area contributed by atoms with Crippen LogP contribution >= 0.6 is 23.2 Å². The van der Waals surface area contributed by atoms with Crippen molar-refractivity contribution in [3.8, 4) is 0 Å². The molecular weight excluding hydrogens is 585 g/mol. The fourth-order valence-electron chi connectivity index (χ4n) is 4.24. The maximum Gasteiger partial charge on any atom is 0.290 e. The molecule has 41 heavy (non-hydrogen) atoms. The number of carbonyl (C=O) groups excluding carboxylic acids is 1. The Kier molecular flexibility index (Phi) is 8.27. The SMILES string of the molecule is Cc1ccn2c(C(=O)N/N=C/c3ccc(CN(Cc4ccc(Cl)cc4)S(=O)(=O)c4ccc(Cl)cc4)o3)c(C)nc2c1. The van der Waals surface area contributed by atoms with Crippen LogP contribution in [0.25, 0.3) is 5.65 Å². The molecular formula is C29H25Cl2N5O4S. The number of hydrogen-bond donors (Lipinski definition) is 1. The van der Waals surface area contributed by atoms with E-state index in [-0.39, 0.29) is 18.0 Å². The second-order valence-electron chi connectivity index (χ2n) is 9.33. The van der Waals surface area contributed by atoms with Gasteiger partial charge in [-0.15, -0.1) is 0 Å². The van der Waals surface area contributed by atoms with Gasteiger partial charge in [-0.3, -0.25) is 9.20 Å². The third kappa shape index (κ3) is 6.52. The Morgan fingerprint density at radius 1 is 1.00 bits per heavy atom. The van der Waals surface area contributed by atoms with Crippen molar-refractivity contribution in [1.29, 1.82) is 0 Å². The summed E-state index contributed by atoms with van der Waals surface area (Å²) in [5.74, 6) is 0.295. The van der Waals surface area contributed by atoms with Gasteiger partial charge < -0.3 is 4.42 Å². The summed E-state index contributed by atoms with van der Waals surface area (Å²) in [6.45, 7) is 3.75. The van der Waals surface area contributed by atoms with Crippen molar-refractivity contribution >= 4 is 51.0 Å². The minimum atomic E-state index is -3.91. The highest BCUT2D eigenvalue weighted by Crippen LogP contribution is 2.24. The quantitative estimate of drug-likeness (QED) is 0.163. The van der Waals surface area contributed by atoms with Crippen molar-refractivity contribution in [2.45, 2.75) is 31.8 Å². The van der Waals surface area contributed by atoms with Crippen molar-refractivity contribution in [2.75, 3.05) is 0 Å². The van der Waals surface area contributed by atoms with Crippen molar-refractivity contribution < 1.29 is 17.6 Å². The second kappa shape index (κ2) is 11.9. The number of amides is 1. The van der Waals surface area contributed by atoms with Gasteiger partial charge >= 0.3 is 0 Å². The Balaban J connectivity index is 1.32. The average molecular weight is 611 g/mol. The van der Waals surface area contributed by atoms with E-state index in [4.69, 9.17) is 27.6 Å². The van der Waals surface area contributed by atoms with Crippen LogP contribution in [-0.2, 0) is 23.1 Å². The first kappa shape index (κ1) is 28.6. The van der Waals surface area contributed by atoms with Crippen LogP contribution in [0, 0.1) is 13.8 Å². The number of pyridine rings is 1. The summed E-state index contributed by atoms with van der Waals surface area (Å²) in [4.78, 5) is 17.4. The average Bonchev–Trinajstić information content (AvgIpc) is 3.52. The molecule has 0 aliphatic carbocycles. The summed E-state index contributed by atoms with van der Waals surface area (Å²) in [5, 5.41) is 5.00. The lowest BCUT2D eigenvalue weighted by atomic mass is 10.2. The number of furan rings is 1. The lowest BCUT2D eigenvalue weighted by molar-refractivity contribution is 0.0948. The van der Waals surface area contributed by atoms with Gasteiger partial charge in [0.2, 0.25) is 10.0 Å². The number of aromatic nitrogens is 2. The number of carbonyl (C=O) groups is 1. The monoisotopic (exact) mass is 609 g/mol. The Morgan fingerprint density at radius 2 is 1.68 bits per heavy atom. The molecule has 0 aliphatic heterocycles. The molecule has 0 radical (unpaired) electrons. The van der Waals surface area contributed by atoms with E-state index >= 15 is 0 Å². The highest BCUT2D eigenvalue weighted by molar-refractivity contribution is 7.89. The van der Waals surface area contributed by atoms with Gasteiger partial charge in [0.25, 0.3) is 5.91 Å². The minimum Gasteiger partial charge on any atom is -0.459 e. The van der Waals surface area contributed by atoms with Crippen LogP contribution in [0.15, 0.2) is 93.4 Å². The van der Waals surface area contributed by atoms with E-state index in [0.29, 0.717) is 38.6 Å². The number of aryl methyl sites for hydroxylation is 2. The van der Waals surface area contributed by atoms with Crippen LogP contribution in [0.2, 0.25) is 10.0 Å². The third-order valence-corrected chi connectivity index (χ3v) is 8.58. The van der Waals surface area contributed by atoms with Crippen molar-refractivity contribution in [3.05, 3.63) is 123 Å². The summed E-state index contributed by atoms with van der Waals surface area (Å²) in [6, 6.07) is 20.0. The Labute approximate surface area is 247 Å². The van der Waals surface area contributed by atoms with Gasteiger partial charge in [-0.2, -0.15) is 9.41 Å². The molecule has 0 unspecified atom stereocenters. The molecule has 0 spiro atoms. The summed E-state index contributed by atoms with van der Waals surface area (Å²) in [7, 11) is -3.91. The molecule has 1 amide bonds. The Bertz CT molecular complexity index is 1850. The molecule has 3 heterocycles. The van der Waals surface area contributed by atoms with Gasteiger partial charge in [-0.05, 0) is 85.6 Å². The second-order valence-corrected chi connectivity index (χ2v) is 12.1. The van der Waals surface area contributed by atoms with Gasteiger partial charge in [-0.1, -0.05) is 35.3 Å². The van der Waals surface area contributed by atoms with Crippen LogP contribution in [-0.4, -0.2) is 34.2 Å². The number of hydrazone groups is 1. The maximum atomic E-state index is 13.6. The van der Waals surface area contributed by atoms with Crippen molar-refractivity contribution in [3.63, 3.8) is 0 Å². The third-order valence-electron chi connectivity index (χ3n) is 6.27. The summed E-state index contributed by atoms with van der Waals surface area (Å²) >= 11 is 12.0. The molecule has 9 nitrogen and oxygen atoms in total.